The number of nitrogens with two attached hydrogens (primary N) is 1. The zero-order valence-electron chi connectivity index (χ0n) is 8.62. The third-order valence-electron chi connectivity index (χ3n) is 2.58. The zero-order chi connectivity index (χ0) is 10.7. The topological polar surface area (TPSA) is 30.9 Å². The number of benzene rings is 1. The van der Waals surface area contributed by atoms with Crippen LogP contribution in [0, 0.1) is 0 Å². The third kappa shape index (κ3) is 2.12. The summed E-state index contributed by atoms with van der Waals surface area (Å²) in [6, 6.07) is 7.91. The highest BCUT2D eigenvalue weighted by Crippen LogP contribution is 2.19. The number of fused-ring (bicyclic) bond motifs is 1. The smallest absolute Gasteiger partial charge is 0.0895 e. The normalized spacial score (nSPS) is 11.0. The fourth-order valence-electron chi connectivity index (χ4n) is 1.79. The van der Waals surface area contributed by atoms with Crippen LogP contribution in [-0.2, 0) is 6.54 Å². The van der Waals surface area contributed by atoms with Crippen molar-refractivity contribution in [2.45, 2.75) is 19.4 Å². The van der Waals surface area contributed by atoms with Crippen LogP contribution in [-0.4, -0.2) is 11.2 Å². The summed E-state index contributed by atoms with van der Waals surface area (Å²) in [5.41, 5.74) is 7.65. The Morgan fingerprint density at radius 1 is 1.20 bits per heavy atom. The Morgan fingerprint density at radius 3 is 2.87 bits per heavy atom. The Bertz CT molecular complexity index is 448. The van der Waals surface area contributed by atoms with Crippen LogP contribution < -0.4 is 5.73 Å². The molecule has 2 aromatic rings. The molecular weight excluding hydrogens is 191 g/mol. The van der Waals surface area contributed by atoms with Gasteiger partial charge in [0.05, 0.1) is 6.67 Å². The van der Waals surface area contributed by atoms with Gasteiger partial charge in [0.2, 0.25) is 0 Å². The summed E-state index contributed by atoms with van der Waals surface area (Å²) in [4.78, 5) is 0. The van der Waals surface area contributed by atoms with E-state index in [0.29, 0.717) is 6.42 Å². The monoisotopic (exact) mass is 206 g/mol. The van der Waals surface area contributed by atoms with E-state index in [-0.39, 0.29) is 6.67 Å². The highest BCUT2D eigenvalue weighted by molar-refractivity contribution is 5.83. The maximum absolute atomic E-state index is 12.0. The first-order valence-electron chi connectivity index (χ1n) is 5.21. The first kappa shape index (κ1) is 10.0. The molecule has 2 N–H and O–H groups in total. The van der Waals surface area contributed by atoms with Crippen molar-refractivity contribution in [3.63, 3.8) is 0 Å². The number of nitrogens with zero attached hydrogens (tertiary/aromatic N) is 1. The SMILES string of the molecule is Nc1ccc2c(ccn2CCCCF)c1. The van der Waals surface area contributed by atoms with Crippen molar-refractivity contribution < 1.29 is 4.39 Å². The summed E-state index contributed by atoms with van der Waals surface area (Å²) in [5, 5.41) is 1.15. The number of halogens is 1. The Balaban J connectivity index is 2.21. The largest absolute Gasteiger partial charge is 0.399 e. The molecule has 0 aliphatic rings. The Labute approximate surface area is 88.5 Å². The van der Waals surface area contributed by atoms with Crippen molar-refractivity contribution in [3.8, 4) is 0 Å². The first-order valence-corrected chi connectivity index (χ1v) is 5.21. The third-order valence-corrected chi connectivity index (χ3v) is 2.58. The van der Waals surface area contributed by atoms with E-state index in [2.05, 4.69) is 4.57 Å². The summed E-state index contributed by atoms with van der Waals surface area (Å²) in [6.45, 7) is 0.642. The van der Waals surface area contributed by atoms with E-state index < -0.39 is 0 Å². The highest BCUT2D eigenvalue weighted by Gasteiger charge is 2.00. The Morgan fingerprint density at radius 2 is 2.07 bits per heavy atom. The summed E-state index contributed by atoms with van der Waals surface area (Å²) in [5.74, 6) is 0. The highest BCUT2D eigenvalue weighted by atomic mass is 19.1. The van der Waals surface area contributed by atoms with Crippen LogP contribution in [0.15, 0.2) is 30.5 Å². The lowest BCUT2D eigenvalue weighted by atomic mass is 10.2. The first-order chi connectivity index (χ1) is 7.31. The van der Waals surface area contributed by atoms with Gasteiger partial charge < -0.3 is 10.3 Å². The molecule has 0 amide bonds. The Hall–Kier alpha value is -1.51. The van der Waals surface area contributed by atoms with Crippen LogP contribution in [0.1, 0.15) is 12.8 Å². The Kier molecular flexibility index (Phi) is 2.90. The second-order valence-corrected chi connectivity index (χ2v) is 3.72. The van der Waals surface area contributed by atoms with E-state index in [0.717, 1.165) is 24.0 Å². The van der Waals surface area contributed by atoms with Crippen LogP contribution in [0.3, 0.4) is 0 Å². The summed E-state index contributed by atoms with van der Waals surface area (Å²) < 4.78 is 14.1. The molecular formula is C12H15FN2. The van der Waals surface area contributed by atoms with Gasteiger partial charge in [-0.1, -0.05) is 0 Å². The number of aryl methyl sites for hydroxylation is 1. The average Bonchev–Trinajstić information content (AvgIpc) is 2.61. The van der Waals surface area contributed by atoms with E-state index >= 15 is 0 Å². The van der Waals surface area contributed by atoms with E-state index in [1.165, 1.54) is 5.52 Å². The second kappa shape index (κ2) is 4.34. The van der Waals surface area contributed by atoms with Crippen molar-refractivity contribution in [2.24, 2.45) is 0 Å². The molecule has 0 unspecified atom stereocenters. The average molecular weight is 206 g/mol. The van der Waals surface area contributed by atoms with Gasteiger partial charge in [-0.05, 0) is 37.1 Å². The quantitative estimate of drug-likeness (QED) is 0.605. The molecule has 0 fully saturated rings. The molecule has 0 atom stereocenters. The molecule has 1 aromatic carbocycles. The molecule has 1 aromatic heterocycles. The maximum Gasteiger partial charge on any atom is 0.0895 e. The standard InChI is InChI=1S/C12H15FN2/c13-6-1-2-7-15-8-5-10-9-11(14)3-4-12(10)15/h3-5,8-9H,1-2,6-7,14H2. The number of unbranched alkanes of at least 4 members (excludes halogenated alkanes) is 1. The van der Waals surface area contributed by atoms with Gasteiger partial charge in [-0.25, -0.2) is 0 Å². The number of nitrogen functional groups attached to an aromatic ring is 1. The minimum absolute atomic E-state index is 0.230. The number of anilines is 1. The van der Waals surface area contributed by atoms with Gasteiger partial charge in [0.25, 0.3) is 0 Å². The van der Waals surface area contributed by atoms with Gasteiger partial charge in [0.15, 0.2) is 0 Å². The molecule has 0 saturated carbocycles. The second-order valence-electron chi connectivity index (χ2n) is 3.72. The summed E-state index contributed by atoms with van der Waals surface area (Å²) in [7, 11) is 0. The van der Waals surface area contributed by atoms with Crippen LogP contribution >= 0.6 is 0 Å². The minimum Gasteiger partial charge on any atom is -0.399 e. The van der Waals surface area contributed by atoms with Crippen LogP contribution in [0.2, 0.25) is 0 Å². The van der Waals surface area contributed by atoms with Crippen molar-refractivity contribution >= 4 is 16.6 Å². The van der Waals surface area contributed by atoms with Gasteiger partial charge in [-0.2, -0.15) is 0 Å². The van der Waals surface area contributed by atoms with Gasteiger partial charge >= 0.3 is 0 Å². The molecule has 0 aliphatic carbocycles. The zero-order valence-corrected chi connectivity index (χ0v) is 8.62. The van der Waals surface area contributed by atoms with Crippen LogP contribution in [0.4, 0.5) is 10.1 Å². The van der Waals surface area contributed by atoms with Gasteiger partial charge in [0, 0.05) is 29.3 Å². The van der Waals surface area contributed by atoms with Crippen molar-refractivity contribution in [1.29, 1.82) is 0 Å². The summed E-state index contributed by atoms with van der Waals surface area (Å²) in [6.07, 6.45) is 3.54. The van der Waals surface area contributed by atoms with Crippen molar-refractivity contribution in [1.82, 2.24) is 4.57 Å². The number of rotatable bonds is 4. The number of alkyl halides is 1. The lowest BCUT2D eigenvalue weighted by Crippen LogP contribution is -1.96. The molecule has 15 heavy (non-hydrogen) atoms. The molecule has 3 heteroatoms. The molecule has 0 saturated heterocycles. The van der Waals surface area contributed by atoms with Crippen molar-refractivity contribution in [2.75, 3.05) is 12.4 Å². The van der Waals surface area contributed by atoms with Crippen LogP contribution in [0.25, 0.3) is 10.9 Å². The fourth-order valence-corrected chi connectivity index (χ4v) is 1.79. The van der Waals surface area contributed by atoms with E-state index in [1.54, 1.807) is 0 Å². The van der Waals surface area contributed by atoms with Crippen molar-refractivity contribution in [3.05, 3.63) is 30.5 Å². The molecule has 2 rings (SSSR count). The molecule has 0 radical (unpaired) electrons. The predicted molar refractivity (Wildman–Crippen MR) is 61.6 cm³/mol. The molecule has 0 aliphatic heterocycles. The number of aromatic nitrogens is 1. The number of hydrogen-bond donors (Lipinski definition) is 1. The van der Waals surface area contributed by atoms with Gasteiger partial charge in [-0.3, -0.25) is 4.39 Å². The molecule has 0 spiro atoms. The van der Waals surface area contributed by atoms with E-state index in [9.17, 15) is 4.39 Å². The van der Waals surface area contributed by atoms with Gasteiger partial charge in [-0.15, -0.1) is 0 Å². The maximum atomic E-state index is 12.0. The fraction of sp³-hybridized carbons (Fsp3) is 0.333. The lowest BCUT2D eigenvalue weighted by molar-refractivity contribution is 0.449. The lowest BCUT2D eigenvalue weighted by Gasteiger charge is -2.04. The molecule has 0 bridgehead atoms. The molecule has 2 nitrogen and oxygen atoms in total. The number of hydrogen-bond acceptors (Lipinski definition) is 1. The minimum atomic E-state index is -0.230. The van der Waals surface area contributed by atoms with Crippen LogP contribution in [0.5, 0.6) is 0 Å². The predicted octanol–water partition coefficient (Wildman–Crippen LogP) is 2.97. The molecule has 1 heterocycles. The molecule has 80 valence electrons. The van der Waals surface area contributed by atoms with Gasteiger partial charge in [0.1, 0.15) is 0 Å². The van der Waals surface area contributed by atoms with E-state index in [4.69, 9.17) is 5.73 Å². The van der Waals surface area contributed by atoms with E-state index in [1.807, 2.05) is 30.5 Å². The summed E-state index contributed by atoms with van der Waals surface area (Å²) >= 11 is 0.